The number of thioether (sulfide) groups is 1. The van der Waals surface area contributed by atoms with Crippen LogP contribution in [-0.2, 0) is 24.4 Å². The maximum atomic E-state index is 12.5. The molecule has 1 fully saturated rings. The molecule has 0 bridgehead atoms. The summed E-state index contributed by atoms with van der Waals surface area (Å²) in [7, 11) is 0. The molecule has 1 heterocycles. The van der Waals surface area contributed by atoms with Crippen LogP contribution in [0.4, 0.5) is 0 Å². The Balaban J connectivity index is 1.57. The van der Waals surface area contributed by atoms with Gasteiger partial charge in [0.1, 0.15) is 12.4 Å². The van der Waals surface area contributed by atoms with Crippen molar-refractivity contribution in [3.05, 3.63) is 35.7 Å². The Hall–Kier alpha value is -2.02. The fourth-order valence-electron chi connectivity index (χ4n) is 3.87. The Labute approximate surface area is 190 Å². The highest BCUT2D eigenvalue weighted by Gasteiger charge is 2.18. The molecule has 7 heteroatoms. The van der Waals surface area contributed by atoms with Crippen LogP contribution in [0.5, 0.6) is 5.75 Å². The van der Waals surface area contributed by atoms with Gasteiger partial charge in [-0.05, 0) is 42.9 Å². The van der Waals surface area contributed by atoms with Crippen molar-refractivity contribution in [3.8, 4) is 5.75 Å². The van der Waals surface area contributed by atoms with Gasteiger partial charge in [0.05, 0.1) is 5.75 Å². The largest absolute Gasteiger partial charge is 0.486 e. The molecule has 31 heavy (non-hydrogen) atoms. The SMILES string of the molecule is CCc1ccc(OCc2nnc(SCC(=O)NC3CCCCCC3)n2CC(C)C)cc1. The first-order chi connectivity index (χ1) is 15.0. The summed E-state index contributed by atoms with van der Waals surface area (Å²) < 4.78 is 8.05. The zero-order valence-electron chi connectivity index (χ0n) is 19.1. The molecule has 6 nitrogen and oxygen atoms in total. The normalized spacial score (nSPS) is 15.1. The van der Waals surface area contributed by atoms with Crippen LogP contribution in [0.25, 0.3) is 0 Å². The Bertz CT molecular complexity index is 811. The van der Waals surface area contributed by atoms with Crippen LogP contribution < -0.4 is 10.1 Å². The van der Waals surface area contributed by atoms with E-state index in [1.54, 1.807) is 0 Å². The number of nitrogens with one attached hydrogen (secondary N) is 1. The van der Waals surface area contributed by atoms with Crippen molar-refractivity contribution >= 4 is 17.7 Å². The van der Waals surface area contributed by atoms with Crippen molar-refractivity contribution in [1.82, 2.24) is 20.1 Å². The van der Waals surface area contributed by atoms with E-state index in [0.29, 0.717) is 24.3 Å². The van der Waals surface area contributed by atoms with Gasteiger partial charge in [0, 0.05) is 12.6 Å². The Morgan fingerprint density at radius 2 is 1.87 bits per heavy atom. The molecule has 1 aromatic heterocycles. The fourth-order valence-corrected chi connectivity index (χ4v) is 4.65. The molecule has 1 N–H and O–H groups in total. The van der Waals surface area contributed by atoms with E-state index in [9.17, 15) is 4.79 Å². The Kier molecular flexibility index (Phi) is 9.25. The van der Waals surface area contributed by atoms with Crippen LogP contribution >= 0.6 is 11.8 Å². The third-order valence-corrected chi connectivity index (χ3v) is 6.56. The van der Waals surface area contributed by atoms with Gasteiger partial charge >= 0.3 is 0 Å². The van der Waals surface area contributed by atoms with Crippen molar-refractivity contribution in [3.63, 3.8) is 0 Å². The summed E-state index contributed by atoms with van der Waals surface area (Å²) in [5.74, 6) is 2.52. The van der Waals surface area contributed by atoms with Gasteiger partial charge in [-0.15, -0.1) is 10.2 Å². The third kappa shape index (κ3) is 7.56. The lowest BCUT2D eigenvalue weighted by Gasteiger charge is -2.16. The van der Waals surface area contributed by atoms with E-state index < -0.39 is 0 Å². The van der Waals surface area contributed by atoms with Crippen LogP contribution in [0.15, 0.2) is 29.4 Å². The van der Waals surface area contributed by atoms with Gasteiger partial charge in [-0.2, -0.15) is 0 Å². The summed E-state index contributed by atoms with van der Waals surface area (Å²) in [4.78, 5) is 12.5. The fraction of sp³-hybridized carbons (Fsp3) is 0.625. The molecular formula is C24H36N4O2S. The Morgan fingerprint density at radius 1 is 1.16 bits per heavy atom. The highest BCUT2D eigenvalue weighted by molar-refractivity contribution is 7.99. The van der Waals surface area contributed by atoms with Gasteiger partial charge in [-0.25, -0.2) is 0 Å². The van der Waals surface area contributed by atoms with E-state index in [-0.39, 0.29) is 5.91 Å². The minimum Gasteiger partial charge on any atom is -0.486 e. The zero-order valence-corrected chi connectivity index (χ0v) is 19.9. The number of rotatable bonds is 10. The van der Waals surface area contributed by atoms with E-state index in [1.807, 2.05) is 12.1 Å². The first-order valence-electron chi connectivity index (χ1n) is 11.6. The van der Waals surface area contributed by atoms with E-state index in [0.717, 1.165) is 42.5 Å². The summed E-state index contributed by atoms with van der Waals surface area (Å²) in [6.45, 7) is 7.63. The second-order valence-corrected chi connectivity index (χ2v) is 9.68. The lowest BCUT2D eigenvalue weighted by molar-refractivity contribution is -0.119. The molecule has 1 aliphatic carbocycles. The minimum atomic E-state index is 0.0878. The number of aryl methyl sites for hydroxylation is 1. The maximum absolute atomic E-state index is 12.5. The molecule has 170 valence electrons. The number of ether oxygens (including phenoxy) is 1. The second kappa shape index (κ2) is 12.1. The molecule has 0 spiro atoms. The number of benzene rings is 1. The molecule has 0 aliphatic heterocycles. The van der Waals surface area contributed by atoms with Crippen molar-refractivity contribution in [2.45, 2.75) is 90.1 Å². The summed E-state index contributed by atoms with van der Waals surface area (Å²) in [5, 5.41) is 12.7. The summed E-state index contributed by atoms with van der Waals surface area (Å²) in [6.07, 6.45) is 8.20. The molecule has 0 unspecified atom stereocenters. The monoisotopic (exact) mass is 444 g/mol. The highest BCUT2D eigenvalue weighted by atomic mass is 32.2. The van der Waals surface area contributed by atoms with E-state index in [4.69, 9.17) is 4.74 Å². The lowest BCUT2D eigenvalue weighted by Crippen LogP contribution is -2.35. The first kappa shape index (κ1) is 23.6. The molecule has 0 saturated heterocycles. The summed E-state index contributed by atoms with van der Waals surface area (Å²) >= 11 is 1.46. The van der Waals surface area contributed by atoms with Crippen molar-refractivity contribution < 1.29 is 9.53 Å². The lowest BCUT2D eigenvalue weighted by atomic mass is 10.1. The molecular weight excluding hydrogens is 408 g/mol. The second-order valence-electron chi connectivity index (χ2n) is 8.73. The quantitative estimate of drug-likeness (QED) is 0.412. The predicted octanol–water partition coefficient (Wildman–Crippen LogP) is 5.01. The predicted molar refractivity (Wildman–Crippen MR) is 125 cm³/mol. The molecule has 1 amide bonds. The average molecular weight is 445 g/mol. The van der Waals surface area contributed by atoms with E-state index in [2.05, 4.69) is 53.0 Å². The van der Waals surface area contributed by atoms with Gasteiger partial charge in [0.2, 0.25) is 5.91 Å². The van der Waals surface area contributed by atoms with Gasteiger partial charge in [-0.3, -0.25) is 4.79 Å². The summed E-state index contributed by atoms with van der Waals surface area (Å²) in [6, 6.07) is 8.49. The number of amides is 1. The van der Waals surface area contributed by atoms with Crippen LogP contribution in [-0.4, -0.2) is 32.5 Å². The number of carbonyl (C=O) groups is 1. The molecule has 1 aromatic carbocycles. The number of nitrogens with zero attached hydrogens (tertiary/aromatic N) is 3. The molecule has 1 aliphatic rings. The third-order valence-electron chi connectivity index (χ3n) is 5.59. The van der Waals surface area contributed by atoms with Crippen molar-refractivity contribution in [2.24, 2.45) is 5.92 Å². The smallest absolute Gasteiger partial charge is 0.230 e. The number of hydrogen-bond donors (Lipinski definition) is 1. The van der Waals surface area contributed by atoms with Crippen LogP contribution in [0, 0.1) is 5.92 Å². The van der Waals surface area contributed by atoms with Crippen LogP contribution in [0.3, 0.4) is 0 Å². The standard InChI is InChI=1S/C24H36N4O2S/c1-4-19-11-13-21(14-12-19)30-16-22-26-27-24(28(22)15-18(2)3)31-17-23(29)25-20-9-7-5-6-8-10-20/h11-14,18,20H,4-10,15-17H2,1-3H3,(H,25,29). The molecule has 0 radical (unpaired) electrons. The molecule has 3 rings (SSSR count). The first-order valence-corrected chi connectivity index (χ1v) is 12.6. The minimum absolute atomic E-state index is 0.0878. The van der Waals surface area contributed by atoms with Gasteiger partial charge in [0.25, 0.3) is 0 Å². The van der Waals surface area contributed by atoms with Crippen LogP contribution in [0.2, 0.25) is 0 Å². The van der Waals surface area contributed by atoms with Gasteiger partial charge < -0.3 is 14.6 Å². The van der Waals surface area contributed by atoms with Gasteiger partial charge in [-0.1, -0.05) is 70.3 Å². The van der Waals surface area contributed by atoms with Crippen LogP contribution in [0.1, 0.15) is 70.7 Å². The number of carbonyl (C=O) groups excluding carboxylic acids is 1. The number of hydrogen-bond acceptors (Lipinski definition) is 5. The van der Waals surface area contributed by atoms with E-state index in [1.165, 1.54) is 43.0 Å². The maximum Gasteiger partial charge on any atom is 0.230 e. The van der Waals surface area contributed by atoms with E-state index >= 15 is 0 Å². The zero-order chi connectivity index (χ0) is 22.1. The topological polar surface area (TPSA) is 69.0 Å². The molecule has 2 aromatic rings. The van der Waals surface area contributed by atoms with Crippen molar-refractivity contribution in [1.29, 1.82) is 0 Å². The van der Waals surface area contributed by atoms with Crippen molar-refractivity contribution in [2.75, 3.05) is 5.75 Å². The molecule has 0 atom stereocenters. The molecule has 1 saturated carbocycles. The number of aromatic nitrogens is 3. The highest BCUT2D eigenvalue weighted by Crippen LogP contribution is 2.21. The summed E-state index contributed by atoms with van der Waals surface area (Å²) in [5.41, 5.74) is 1.29. The Morgan fingerprint density at radius 3 is 2.52 bits per heavy atom. The van der Waals surface area contributed by atoms with Gasteiger partial charge in [0.15, 0.2) is 11.0 Å². The average Bonchev–Trinajstić information content (AvgIpc) is 2.95.